The highest BCUT2D eigenvalue weighted by molar-refractivity contribution is 6.16. The van der Waals surface area contributed by atoms with Gasteiger partial charge in [-0.3, -0.25) is 4.79 Å². The lowest BCUT2D eigenvalue weighted by atomic mass is 10.1. The van der Waals surface area contributed by atoms with Gasteiger partial charge in [-0.05, 0) is 35.4 Å². The van der Waals surface area contributed by atoms with Crippen LogP contribution in [-0.2, 0) is 6.61 Å². The van der Waals surface area contributed by atoms with Crippen molar-refractivity contribution in [1.29, 1.82) is 0 Å². The molecule has 1 aliphatic rings. The predicted molar refractivity (Wildman–Crippen MR) is 81.6 cm³/mol. The van der Waals surface area contributed by atoms with Crippen molar-refractivity contribution in [3.05, 3.63) is 52.8 Å². The molecule has 3 rings (SSSR count). The topological polar surface area (TPSA) is 96.2 Å². The number of phenols is 2. The summed E-state index contributed by atoms with van der Waals surface area (Å²) in [5, 5.41) is 28.5. The van der Waals surface area contributed by atoms with Gasteiger partial charge < -0.3 is 24.8 Å². The lowest BCUT2D eigenvalue weighted by Gasteiger charge is -2.05. The Hall–Kier alpha value is -2.99. The Kier molecular flexibility index (Phi) is 3.67. The van der Waals surface area contributed by atoms with E-state index in [1.165, 1.54) is 19.3 Å². The van der Waals surface area contributed by atoms with Gasteiger partial charge in [0.2, 0.25) is 5.78 Å². The number of carbonyl (C=O) groups excluding carboxylic acids is 1. The number of aromatic hydroxyl groups is 2. The molecule has 1 aliphatic heterocycles. The number of aliphatic hydroxyl groups is 1. The molecule has 6 nitrogen and oxygen atoms in total. The monoisotopic (exact) mass is 314 g/mol. The fourth-order valence-corrected chi connectivity index (χ4v) is 2.41. The molecule has 0 fully saturated rings. The van der Waals surface area contributed by atoms with E-state index in [-0.39, 0.29) is 35.2 Å². The average molecular weight is 314 g/mol. The summed E-state index contributed by atoms with van der Waals surface area (Å²) in [5.41, 5.74) is 1.24. The number of ketones is 1. The first kappa shape index (κ1) is 14.9. The normalized spacial score (nSPS) is 14.7. The van der Waals surface area contributed by atoms with Crippen molar-refractivity contribution in [2.75, 3.05) is 7.11 Å². The molecule has 0 atom stereocenters. The highest BCUT2D eigenvalue weighted by atomic mass is 16.5. The number of benzene rings is 2. The number of aliphatic hydroxyl groups excluding tert-OH is 1. The van der Waals surface area contributed by atoms with Crippen molar-refractivity contribution in [3.63, 3.8) is 0 Å². The first-order valence-electron chi connectivity index (χ1n) is 6.81. The van der Waals surface area contributed by atoms with Crippen LogP contribution in [0.15, 0.2) is 36.1 Å². The molecule has 0 bridgehead atoms. The van der Waals surface area contributed by atoms with E-state index in [0.717, 1.165) is 6.07 Å². The quantitative estimate of drug-likeness (QED) is 0.752. The van der Waals surface area contributed by atoms with Crippen LogP contribution in [0, 0.1) is 0 Å². The number of hydrogen-bond donors (Lipinski definition) is 3. The first-order valence-corrected chi connectivity index (χ1v) is 6.81. The van der Waals surface area contributed by atoms with Crippen molar-refractivity contribution >= 4 is 11.9 Å². The third-order valence-corrected chi connectivity index (χ3v) is 3.44. The first-order chi connectivity index (χ1) is 11.0. The maximum absolute atomic E-state index is 12.3. The van der Waals surface area contributed by atoms with Crippen molar-refractivity contribution in [3.8, 4) is 23.0 Å². The van der Waals surface area contributed by atoms with Crippen LogP contribution in [-0.4, -0.2) is 28.2 Å². The van der Waals surface area contributed by atoms with Crippen molar-refractivity contribution in [1.82, 2.24) is 0 Å². The molecule has 0 unspecified atom stereocenters. The Bertz CT molecular complexity index is 800. The molecule has 1 heterocycles. The molecule has 118 valence electrons. The van der Waals surface area contributed by atoms with Crippen LogP contribution in [0.4, 0.5) is 0 Å². The molecule has 3 N–H and O–H groups in total. The van der Waals surface area contributed by atoms with Gasteiger partial charge >= 0.3 is 0 Å². The molecule has 0 aliphatic carbocycles. The Labute approximate surface area is 131 Å². The van der Waals surface area contributed by atoms with E-state index in [0.29, 0.717) is 16.9 Å². The van der Waals surface area contributed by atoms with E-state index >= 15 is 0 Å². The number of phenolic OH excluding ortho intramolecular Hbond substituents is 2. The number of ether oxygens (including phenoxy) is 2. The number of rotatable bonds is 3. The third-order valence-electron chi connectivity index (χ3n) is 3.44. The smallest absolute Gasteiger partial charge is 0.235 e. The summed E-state index contributed by atoms with van der Waals surface area (Å²) in [6.45, 7) is -0.170. The highest BCUT2D eigenvalue weighted by Crippen LogP contribution is 2.40. The largest absolute Gasteiger partial charge is 0.508 e. The molecule has 0 spiro atoms. The van der Waals surface area contributed by atoms with E-state index in [2.05, 4.69) is 0 Å². The van der Waals surface area contributed by atoms with Gasteiger partial charge in [0.15, 0.2) is 5.76 Å². The zero-order valence-corrected chi connectivity index (χ0v) is 12.2. The van der Waals surface area contributed by atoms with Crippen LogP contribution in [0.2, 0.25) is 0 Å². The molecule has 6 heteroatoms. The van der Waals surface area contributed by atoms with Gasteiger partial charge in [0, 0.05) is 12.1 Å². The van der Waals surface area contributed by atoms with Gasteiger partial charge in [-0.1, -0.05) is 0 Å². The van der Waals surface area contributed by atoms with Crippen molar-refractivity contribution in [2.24, 2.45) is 0 Å². The highest BCUT2D eigenvalue weighted by Gasteiger charge is 2.31. The third kappa shape index (κ3) is 2.72. The fourth-order valence-electron chi connectivity index (χ4n) is 2.41. The van der Waals surface area contributed by atoms with E-state index in [9.17, 15) is 20.1 Å². The van der Waals surface area contributed by atoms with Crippen molar-refractivity contribution in [2.45, 2.75) is 6.61 Å². The number of carbonyl (C=O) groups is 1. The fraction of sp³-hybridized carbons (Fsp3) is 0.118. The summed E-state index contributed by atoms with van der Waals surface area (Å²) in [6.07, 6.45) is 1.49. The van der Waals surface area contributed by atoms with Gasteiger partial charge in [-0.25, -0.2) is 0 Å². The van der Waals surface area contributed by atoms with Gasteiger partial charge in [0.1, 0.15) is 28.6 Å². The maximum atomic E-state index is 12.3. The zero-order chi connectivity index (χ0) is 16.6. The van der Waals surface area contributed by atoms with Gasteiger partial charge in [-0.15, -0.1) is 0 Å². The number of methoxy groups -OCH3 is 1. The van der Waals surface area contributed by atoms with Crippen LogP contribution in [0.1, 0.15) is 21.5 Å². The average Bonchev–Trinajstić information content (AvgIpc) is 2.82. The summed E-state index contributed by atoms with van der Waals surface area (Å²) in [5.74, 6) is -0.367. The zero-order valence-electron chi connectivity index (χ0n) is 12.2. The lowest BCUT2D eigenvalue weighted by Crippen LogP contribution is -1.99. The molecule has 23 heavy (non-hydrogen) atoms. The molecular formula is C17H14O6. The molecule has 2 aromatic carbocycles. The van der Waals surface area contributed by atoms with Gasteiger partial charge in [0.25, 0.3) is 0 Å². The second-order valence-electron chi connectivity index (χ2n) is 5.05. The summed E-state index contributed by atoms with van der Waals surface area (Å²) < 4.78 is 10.6. The Morgan fingerprint density at radius 1 is 1.17 bits per heavy atom. The Balaban J connectivity index is 2.02. The molecular weight excluding hydrogens is 300 g/mol. The van der Waals surface area contributed by atoms with Gasteiger partial charge in [0.05, 0.1) is 13.7 Å². The predicted octanol–water partition coefficient (Wildman–Crippen LogP) is 2.21. The summed E-state index contributed by atoms with van der Waals surface area (Å²) >= 11 is 0. The van der Waals surface area contributed by atoms with Crippen molar-refractivity contribution < 1.29 is 29.6 Å². The number of Topliss-reactive ketones (excluding diaryl/α,β-unsaturated/α-hetero) is 1. The minimum atomic E-state index is -0.481. The SMILES string of the molecule is COc1cc(/C=C2\Oc3cc(O)cc(O)c3C2=O)cc(CO)c1. The molecule has 0 saturated carbocycles. The number of allylic oxidation sites excluding steroid dienone is 1. The molecule has 0 aromatic heterocycles. The lowest BCUT2D eigenvalue weighted by molar-refractivity contribution is 0.101. The second kappa shape index (κ2) is 5.66. The van der Waals surface area contributed by atoms with E-state index in [4.69, 9.17) is 9.47 Å². The van der Waals surface area contributed by atoms with Crippen LogP contribution in [0.25, 0.3) is 6.08 Å². The second-order valence-corrected chi connectivity index (χ2v) is 5.05. The van der Waals surface area contributed by atoms with E-state index < -0.39 is 5.78 Å². The molecule has 0 amide bonds. The van der Waals surface area contributed by atoms with Crippen LogP contribution in [0.3, 0.4) is 0 Å². The summed E-state index contributed by atoms with van der Waals surface area (Å²) in [4.78, 5) is 12.3. The Morgan fingerprint density at radius 3 is 2.65 bits per heavy atom. The van der Waals surface area contributed by atoms with E-state index in [1.807, 2.05) is 0 Å². The number of hydrogen-bond acceptors (Lipinski definition) is 6. The summed E-state index contributed by atoms with van der Waals surface area (Å²) in [6, 6.07) is 7.39. The van der Waals surface area contributed by atoms with Crippen LogP contribution < -0.4 is 9.47 Å². The van der Waals surface area contributed by atoms with Crippen LogP contribution >= 0.6 is 0 Å². The molecule has 0 saturated heterocycles. The minimum absolute atomic E-state index is 0.0121. The Morgan fingerprint density at radius 2 is 1.96 bits per heavy atom. The van der Waals surface area contributed by atoms with Gasteiger partial charge in [-0.2, -0.15) is 0 Å². The standard InChI is InChI=1S/C17H14O6/c1-22-12-3-9(2-10(4-12)8-18)5-15-17(21)16-13(20)6-11(19)7-14(16)23-15/h2-7,18-20H,8H2,1H3/b15-5-. The molecule has 0 radical (unpaired) electrons. The minimum Gasteiger partial charge on any atom is -0.508 e. The maximum Gasteiger partial charge on any atom is 0.235 e. The number of fused-ring (bicyclic) bond motifs is 1. The summed E-state index contributed by atoms with van der Waals surface area (Å²) in [7, 11) is 1.50. The van der Waals surface area contributed by atoms with Crippen LogP contribution in [0.5, 0.6) is 23.0 Å². The van der Waals surface area contributed by atoms with E-state index in [1.54, 1.807) is 18.2 Å². The molecule has 2 aromatic rings.